The largest absolute Gasteiger partial charge is 0.322 e. The third-order valence-electron chi connectivity index (χ3n) is 2.13. The van der Waals surface area contributed by atoms with Crippen LogP contribution in [0.5, 0.6) is 0 Å². The molecule has 0 saturated heterocycles. The molecule has 0 aliphatic heterocycles. The second-order valence-electron chi connectivity index (χ2n) is 3.65. The number of nitrogens with two attached hydrogens (primary N) is 1. The summed E-state index contributed by atoms with van der Waals surface area (Å²) in [6.07, 6.45) is 1.61. The van der Waals surface area contributed by atoms with Crippen molar-refractivity contribution in [2.24, 2.45) is 5.73 Å². The summed E-state index contributed by atoms with van der Waals surface area (Å²) in [6, 6.07) is 3.41. The molecule has 0 radical (unpaired) electrons. The Kier molecular flexibility index (Phi) is 4.05. The highest BCUT2D eigenvalue weighted by Crippen LogP contribution is 2.20. The molecule has 5 nitrogen and oxygen atoms in total. The zero-order valence-electron chi connectivity index (χ0n) is 9.55. The van der Waals surface area contributed by atoms with Crippen molar-refractivity contribution in [1.29, 1.82) is 0 Å². The summed E-state index contributed by atoms with van der Waals surface area (Å²) in [5.41, 5.74) is 6.05. The van der Waals surface area contributed by atoms with E-state index in [4.69, 9.17) is 5.73 Å². The topological polar surface area (TPSA) is 80.9 Å². The van der Waals surface area contributed by atoms with Crippen molar-refractivity contribution in [3.8, 4) is 0 Å². The fourth-order valence-corrected chi connectivity index (χ4v) is 2.36. The van der Waals surface area contributed by atoms with E-state index in [1.54, 1.807) is 23.7 Å². The van der Waals surface area contributed by atoms with Gasteiger partial charge in [0.25, 0.3) is 5.91 Å². The van der Waals surface area contributed by atoms with Crippen LogP contribution < -0.4 is 11.1 Å². The van der Waals surface area contributed by atoms with E-state index < -0.39 is 0 Å². The summed E-state index contributed by atoms with van der Waals surface area (Å²) in [5, 5.41) is 5.11. The van der Waals surface area contributed by atoms with Crippen LogP contribution in [0.1, 0.15) is 28.5 Å². The molecule has 2 heterocycles. The molecule has 0 spiro atoms. The molecule has 0 bridgehead atoms. The minimum absolute atomic E-state index is 0.168. The number of aromatic nitrogens is 2. The predicted molar refractivity (Wildman–Crippen MR) is 74.6 cm³/mol. The minimum Gasteiger partial charge on any atom is -0.322 e. The van der Waals surface area contributed by atoms with Crippen LogP contribution in [0.15, 0.2) is 28.2 Å². The van der Waals surface area contributed by atoms with E-state index in [0.29, 0.717) is 11.5 Å². The summed E-state index contributed by atoms with van der Waals surface area (Å²) in [4.78, 5) is 20.2. The van der Waals surface area contributed by atoms with Gasteiger partial charge in [-0.3, -0.25) is 4.79 Å². The molecule has 0 aliphatic rings. The molecular formula is C11H11BrN4OS. The predicted octanol–water partition coefficient (Wildman–Crippen LogP) is 2.57. The lowest BCUT2D eigenvalue weighted by molar-refractivity contribution is 0.102. The van der Waals surface area contributed by atoms with Crippen LogP contribution in [-0.2, 0) is 0 Å². The minimum atomic E-state index is -0.294. The van der Waals surface area contributed by atoms with Crippen LogP contribution in [-0.4, -0.2) is 15.9 Å². The molecule has 7 heteroatoms. The first-order valence-corrected chi connectivity index (χ1v) is 6.88. The fourth-order valence-electron chi connectivity index (χ4n) is 1.25. The van der Waals surface area contributed by atoms with E-state index >= 15 is 0 Å². The first-order chi connectivity index (χ1) is 8.58. The van der Waals surface area contributed by atoms with Crippen molar-refractivity contribution in [3.63, 3.8) is 0 Å². The standard InChI is InChI=1S/C11H11BrN4OS/c1-6(13)11-15-8(5-18-11)10(17)16-9-7(12)3-2-4-14-9/h2-6H,13H2,1H3,(H,14,16,17). The Labute approximate surface area is 117 Å². The highest BCUT2D eigenvalue weighted by Gasteiger charge is 2.14. The number of hydrogen-bond donors (Lipinski definition) is 2. The number of carbonyl (C=O) groups excluding carboxylic acids is 1. The SMILES string of the molecule is CC(N)c1nc(C(=O)Nc2ncccc2Br)cs1. The van der Waals surface area contributed by atoms with Gasteiger partial charge in [0, 0.05) is 11.6 Å². The monoisotopic (exact) mass is 326 g/mol. The van der Waals surface area contributed by atoms with Gasteiger partial charge in [-0.05, 0) is 35.0 Å². The van der Waals surface area contributed by atoms with Crippen LogP contribution in [0.4, 0.5) is 5.82 Å². The van der Waals surface area contributed by atoms with E-state index in [-0.39, 0.29) is 11.9 Å². The van der Waals surface area contributed by atoms with Crippen LogP contribution >= 0.6 is 27.3 Å². The van der Waals surface area contributed by atoms with Gasteiger partial charge in [-0.25, -0.2) is 9.97 Å². The number of nitrogens with zero attached hydrogens (tertiary/aromatic N) is 2. The van der Waals surface area contributed by atoms with E-state index in [0.717, 1.165) is 9.48 Å². The Hall–Kier alpha value is -1.31. The van der Waals surface area contributed by atoms with Crippen molar-refractivity contribution >= 4 is 39.0 Å². The third-order valence-corrected chi connectivity index (χ3v) is 3.82. The average Bonchev–Trinajstić information content (AvgIpc) is 2.81. The molecular weight excluding hydrogens is 316 g/mol. The van der Waals surface area contributed by atoms with Crippen LogP contribution in [0.2, 0.25) is 0 Å². The molecule has 0 fully saturated rings. The number of halogens is 1. The highest BCUT2D eigenvalue weighted by atomic mass is 79.9. The highest BCUT2D eigenvalue weighted by molar-refractivity contribution is 9.10. The normalized spacial score (nSPS) is 12.2. The van der Waals surface area contributed by atoms with E-state index in [1.165, 1.54) is 11.3 Å². The quantitative estimate of drug-likeness (QED) is 0.908. The van der Waals surface area contributed by atoms with Crippen LogP contribution in [0, 0.1) is 0 Å². The molecule has 94 valence electrons. The molecule has 1 unspecified atom stereocenters. The maximum absolute atomic E-state index is 11.9. The Bertz CT molecular complexity index is 570. The van der Waals surface area contributed by atoms with Gasteiger partial charge in [0.05, 0.1) is 10.5 Å². The van der Waals surface area contributed by atoms with E-state index in [2.05, 4.69) is 31.2 Å². The van der Waals surface area contributed by atoms with E-state index in [9.17, 15) is 4.79 Å². The van der Waals surface area contributed by atoms with Gasteiger partial charge in [-0.1, -0.05) is 0 Å². The third kappa shape index (κ3) is 2.92. The zero-order chi connectivity index (χ0) is 13.1. The van der Waals surface area contributed by atoms with Gasteiger partial charge >= 0.3 is 0 Å². The van der Waals surface area contributed by atoms with Gasteiger partial charge in [-0.15, -0.1) is 11.3 Å². The number of anilines is 1. The van der Waals surface area contributed by atoms with Gasteiger partial charge in [0.1, 0.15) is 16.5 Å². The van der Waals surface area contributed by atoms with Crippen LogP contribution in [0.25, 0.3) is 0 Å². The summed E-state index contributed by atoms with van der Waals surface area (Å²) in [5.74, 6) is 0.176. The Morgan fingerprint density at radius 1 is 1.61 bits per heavy atom. The van der Waals surface area contributed by atoms with Gasteiger partial charge in [0.2, 0.25) is 0 Å². The number of carbonyl (C=O) groups is 1. The van der Waals surface area contributed by atoms with Crippen molar-refractivity contribution in [3.05, 3.63) is 38.9 Å². The number of thiazole rings is 1. The summed E-state index contributed by atoms with van der Waals surface area (Å²) in [7, 11) is 0. The summed E-state index contributed by atoms with van der Waals surface area (Å²) >= 11 is 4.68. The van der Waals surface area contributed by atoms with Gasteiger partial charge in [-0.2, -0.15) is 0 Å². The van der Waals surface area contributed by atoms with Gasteiger partial charge in [0.15, 0.2) is 0 Å². The fraction of sp³-hybridized carbons (Fsp3) is 0.182. The molecule has 0 saturated carbocycles. The van der Waals surface area contributed by atoms with Crippen molar-refractivity contribution in [1.82, 2.24) is 9.97 Å². The first-order valence-electron chi connectivity index (χ1n) is 5.21. The summed E-state index contributed by atoms with van der Waals surface area (Å²) < 4.78 is 0.723. The second-order valence-corrected chi connectivity index (χ2v) is 5.39. The molecule has 0 aromatic carbocycles. The number of nitrogens with one attached hydrogen (secondary N) is 1. The molecule has 2 aromatic rings. The van der Waals surface area contributed by atoms with Crippen molar-refractivity contribution in [2.75, 3.05) is 5.32 Å². The lowest BCUT2D eigenvalue weighted by Gasteiger charge is -2.03. The van der Waals surface area contributed by atoms with Crippen molar-refractivity contribution < 1.29 is 4.79 Å². The number of rotatable bonds is 3. The molecule has 1 amide bonds. The molecule has 2 rings (SSSR count). The first kappa shape index (κ1) is 13.1. The van der Waals surface area contributed by atoms with Crippen LogP contribution in [0.3, 0.4) is 0 Å². The lowest BCUT2D eigenvalue weighted by atomic mass is 10.4. The Morgan fingerprint density at radius 3 is 3.00 bits per heavy atom. The molecule has 2 aromatic heterocycles. The second kappa shape index (κ2) is 5.55. The molecule has 3 N–H and O–H groups in total. The maximum atomic E-state index is 11.9. The Morgan fingerprint density at radius 2 is 2.39 bits per heavy atom. The van der Waals surface area contributed by atoms with Gasteiger partial charge < -0.3 is 11.1 Å². The zero-order valence-corrected chi connectivity index (χ0v) is 12.0. The maximum Gasteiger partial charge on any atom is 0.276 e. The van der Waals surface area contributed by atoms with E-state index in [1.807, 2.05) is 6.92 Å². The Balaban J connectivity index is 2.15. The number of amides is 1. The smallest absolute Gasteiger partial charge is 0.276 e. The molecule has 18 heavy (non-hydrogen) atoms. The number of hydrogen-bond acceptors (Lipinski definition) is 5. The molecule has 1 atom stereocenters. The van der Waals surface area contributed by atoms with Crippen molar-refractivity contribution in [2.45, 2.75) is 13.0 Å². The number of pyridine rings is 1. The summed E-state index contributed by atoms with van der Waals surface area (Å²) in [6.45, 7) is 1.83. The molecule has 0 aliphatic carbocycles. The average molecular weight is 327 g/mol. The lowest BCUT2D eigenvalue weighted by Crippen LogP contribution is -2.14.